The molecule has 1 amide bonds. The highest BCUT2D eigenvalue weighted by molar-refractivity contribution is 7.99. The van der Waals surface area contributed by atoms with Crippen LogP contribution in [0.25, 0.3) is 0 Å². The summed E-state index contributed by atoms with van der Waals surface area (Å²) in [4.78, 5) is 24.4. The second-order valence-electron chi connectivity index (χ2n) is 4.24. The first-order valence-corrected chi connectivity index (χ1v) is 7.40. The van der Waals surface area contributed by atoms with Gasteiger partial charge in [0.05, 0.1) is 0 Å². The molecule has 0 atom stereocenters. The van der Waals surface area contributed by atoms with E-state index in [1.165, 1.54) is 22.7 Å². The summed E-state index contributed by atoms with van der Waals surface area (Å²) in [5.74, 6) is -1.10. The van der Waals surface area contributed by atoms with Crippen LogP contribution in [0.5, 0.6) is 0 Å². The molecule has 0 radical (unpaired) electrons. The van der Waals surface area contributed by atoms with Gasteiger partial charge in [-0.1, -0.05) is 19.1 Å². The zero-order valence-electron chi connectivity index (χ0n) is 11.3. The maximum absolute atomic E-state index is 13.4. The molecule has 0 aliphatic carbocycles. The minimum absolute atomic E-state index is 0.201. The Morgan fingerprint density at radius 3 is 2.65 bits per heavy atom. The van der Waals surface area contributed by atoms with Crippen molar-refractivity contribution in [2.24, 2.45) is 0 Å². The number of hydrogen-bond acceptors (Lipinski definition) is 3. The summed E-state index contributed by atoms with van der Waals surface area (Å²) < 4.78 is 13.4. The molecule has 0 aromatic heterocycles. The van der Waals surface area contributed by atoms with Crippen molar-refractivity contribution in [3.05, 3.63) is 30.1 Å². The molecule has 0 bridgehead atoms. The summed E-state index contributed by atoms with van der Waals surface area (Å²) >= 11 is 1.26. The molecule has 0 spiro atoms. The Hall–Kier alpha value is -1.56. The maximum atomic E-state index is 13.4. The molecule has 1 rings (SSSR count). The van der Waals surface area contributed by atoms with Gasteiger partial charge < -0.3 is 10.0 Å². The second kappa shape index (κ2) is 8.58. The molecule has 0 aliphatic rings. The van der Waals surface area contributed by atoms with E-state index in [9.17, 15) is 14.0 Å². The van der Waals surface area contributed by atoms with Crippen molar-refractivity contribution in [2.75, 3.05) is 18.8 Å². The Bertz CT molecular complexity index is 467. The lowest BCUT2D eigenvalue weighted by atomic mass is 10.3. The lowest BCUT2D eigenvalue weighted by molar-refractivity contribution is -0.144. The van der Waals surface area contributed by atoms with Gasteiger partial charge in [0.25, 0.3) is 0 Å². The fourth-order valence-electron chi connectivity index (χ4n) is 1.69. The number of halogens is 1. The highest BCUT2D eigenvalue weighted by Gasteiger charge is 2.15. The fraction of sp³-hybridized carbons (Fsp3) is 0.429. The molecule has 0 heterocycles. The number of aliphatic carboxylic acids is 1. The highest BCUT2D eigenvalue weighted by Crippen LogP contribution is 2.22. The van der Waals surface area contributed by atoms with Crippen molar-refractivity contribution in [1.82, 2.24) is 4.90 Å². The van der Waals surface area contributed by atoms with E-state index in [4.69, 9.17) is 5.11 Å². The van der Waals surface area contributed by atoms with Gasteiger partial charge in [0.15, 0.2) is 0 Å². The number of thioether (sulfide) groups is 1. The average Bonchev–Trinajstić information content (AvgIpc) is 2.40. The van der Waals surface area contributed by atoms with Gasteiger partial charge in [-0.05, 0) is 18.6 Å². The zero-order chi connectivity index (χ0) is 15.0. The minimum atomic E-state index is -1.02. The molecule has 0 unspecified atom stereocenters. The first kappa shape index (κ1) is 16.5. The molecule has 0 fully saturated rings. The number of rotatable bonds is 8. The molecule has 1 aromatic rings. The predicted octanol–water partition coefficient (Wildman–Crippen LogP) is 2.63. The van der Waals surface area contributed by atoms with E-state index in [1.807, 2.05) is 6.92 Å². The van der Waals surface area contributed by atoms with Crippen LogP contribution in [0, 0.1) is 5.82 Å². The van der Waals surface area contributed by atoms with Crippen LogP contribution in [-0.4, -0.2) is 40.7 Å². The van der Waals surface area contributed by atoms with Crippen LogP contribution in [0.15, 0.2) is 29.2 Å². The molecule has 20 heavy (non-hydrogen) atoms. The summed E-state index contributed by atoms with van der Waals surface area (Å²) in [7, 11) is 0. The molecular weight excluding hydrogens is 281 g/mol. The molecule has 0 aliphatic heterocycles. The molecule has 1 aromatic carbocycles. The summed E-state index contributed by atoms with van der Waals surface area (Å²) in [5.41, 5.74) is 0. The van der Waals surface area contributed by atoms with Crippen molar-refractivity contribution in [3.63, 3.8) is 0 Å². The molecule has 0 saturated carbocycles. The summed E-state index contributed by atoms with van der Waals surface area (Å²) in [5, 5.41) is 8.75. The van der Waals surface area contributed by atoms with Crippen LogP contribution < -0.4 is 0 Å². The highest BCUT2D eigenvalue weighted by atomic mass is 32.2. The first-order valence-electron chi connectivity index (χ1n) is 6.41. The Morgan fingerprint density at radius 1 is 1.35 bits per heavy atom. The van der Waals surface area contributed by atoms with Crippen molar-refractivity contribution in [3.8, 4) is 0 Å². The van der Waals surface area contributed by atoms with Crippen molar-refractivity contribution >= 4 is 23.6 Å². The van der Waals surface area contributed by atoms with E-state index in [-0.39, 0.29) is 24.7 Å². The van der Waals surface area contributed by atoms with Gasteiger partial charge in [-0.2, -0.15) is 0 Å². The van der Waals surface area contributed by atoms with Crippen LogP contribution in [0.2, 0.25) is 0 Å². The number of amides is 1. The summed E-state index contributed by atoms with van der Waals surface area (Å²) in [6.07, 6.45) is 0.908. The van der Waals surface area contributed by atoms with E-state index < -0.39 is 5.97 Å². The number of carbonyl (C=O) groups excluding carboxylic acids is 1. The molecule has 0 saturated heterocycles. The van der Waals surface area contributed by atoms with Crippen molar-refractivity contribution in [2.45, 2.75) is 24.7 Å². The van der Waals surface area contributed by atoms with Gasteiger partial charge in [-0.3, -0.25) is 9.59 Å². The molecule has 4 nitrogen and oxygen atoms in total. The van der Waals surface area contributed by atoms with E-state index in [0.29, 0.717) is 23.6 Å². The number of benzene rings is 1. The molecule has 6 heteroatoms. The summed E-state index contributed by atoms with van der Waals surface area (Å²) in [6.45, 7) is 2.03. The predicted molar refractivity (Wildman–Crippen MR) is 76.2 cm³/mol. The normalized spacial score (nSPS) is 10.3. The van der Waals surface area contributed by atoms with Gasteiger partial charge in [0.1, 0.15) is 12.4 Å². The second-order valence-corrected chi connectivity index (χ2v) is 5.37. The van der Waals surface area contributed by atoms with Gasteiger partial charge in [-0.25, -0.2) is 4.39 Å². The summed E-state index contributed by atoms with van der Waals surface area (Å²) in [6, 6.07) is 6.38. The molecule has 1 N–H and O–H groups in total. The van der Waals surface area contributed by atoms with Crippen LogP contribution in [0.3, 0.4) is 0 Å². The average molecular weight is 299 g/mol. The van der Waals surface area contributed by atoms with E-state index in [0.717, 1.165) is 0 Å². The third kappa shape index (κ3) is 5.61. The van der Waals surface area contributed by atoms with Gasteiger partial charge in [0.2, 0.25) is 5.91 Å². The number of carboxylic acids is 1. The van der Waals surface area contributed by atoms with Crippen LogP contribution in [0.1, 0.15) is 19.8 Å². The monoisotopic (exact) mass is 299 g/mol. The molecule has 110 valence electrons. The van der Waals surface area contributed by atoms with Crippen LogP contribution in [-0.2, 0) is 9.59 Å². The van der Waals surface area contributed by atoms with Crippen LogP contribution in [0.4, 0.5) is 4.39 Å². The van der Waals surface area contributed by atoms with Crippen molar-refractivity contribution < 1.29 is 19.1 Å². The Labute approximate surface area is 122 Å². The van der Waals surface area contributed by atoms with Gasteiger partial charge >= 0.3 is 5.97 Å². The van der Waals surface area contributed by atoms with E-state index in [2.05, 4.69) is 0 Å². The minimum Gasteiger partial charge on any atom is -0.480 e. The van der Waals surface area contributed by atoms with Crippen LogP contribution >= 0.6 is 11.8 Å². The number of carbonyl (C=O) groups is 2. The van der Waals surface area contributed by atoms with Gasteiger partial charge in [0, 0.05) is 23.6 Å². The van der Waals surface area contributed by atoms with E-state index in [1.54, 1.807) is 18.2 Å². The third-order valence-corrected chi connectivity index (χ3v) is 3.63. The lowest BCUT2D eigenvalue weighted by Gasteiger charge is -2.19. The smallest absolute Gasteiger partial charge is 0.323 e. The number of hydrogen-bond donors (Lipinski definition) is 1. The van der Waals surface area contributed by atoms with E-state index >= 15 is 0 Å². The molecular formula is C14H18FNO3S. The number of nitrogens with zero attached hydrogens (tertiary/aromatic N) is 1. The topological polar surface area (TPSA) is 57.6 Å². The third-order valence-electron chi connectivity index (χ3n) is 2.58. The lowest BCUT2D eigenvalue weighted by Crippen LogP contribution is -2.36. The van der Waals surface area contributed by atoms with Gasteiger partial charge in [-0.15, -0.1) is 11.8 Å². The van der Waals surface area contributed by atoms with Crippen molar-refractivity contribution in [1.29, 1.82) is 0 Å². The standard InChI is InChI=1S/C14H18FNO3S/c1-2-8-16(10-14(18)19)13(17)7-9-20-12-6-4-3-5-11(12)15/h3-6H,2,7-10H2,1H3,(H,18,19). The Kier molecular flexibility index (Phi) is 7.08. The Balaban J connectivity index is 2.45. The maximum Gasteiger partial charge on any atom is 0.323 e. The number of carboxylic acid groups (broad SMARTS) is 1. The first-order chi connectivity index (χ1) is 9.54. The largest absolute Gasteiger partial charge is 0.480 e. The SMILES string of the molecule is CCCN(CC(=O)O)C(=O)CCSc1ccccc1F. The Morgan fingerprint density at radius 2 is 2.05 bits per heavy atom. The quantitative estimate of drug-likeness (QED) is 0.750. The fourth-order valence-corrected chi connectivity index (χ4v) is 2.57. The zero-order valence-corrected chi connectivity index (χ0v) is 12.2.